The second kappa shape index (κ2) is 7.90. The van der Waals surface area contributed by atoms with Crippen LogP contribution in [0.5, 0.6) is 0 Å². The van der Waals surface area contributed by atoms with E-state index in [1.165, 1.54) is 5.56 Å². The van der Waals surface area contributed by atoms with Crippen molar-refractivity contribution in [3.05, 3.63) is 35.9 Å². The summed E-state index contributed by atoms with van der Waals surface area (Å²) >= 11 is 0. The molecule has 1 aliphatic rings. The summed E-state index contributed by atoms with van der Waals surface area (Å²) in [6.45, 7) is 2.02. The van der Waals surface area contributed by atoms with Crippen LogP contribution in [0, 0.1) is 0 Å². The normalized spacial score (nSPS) is 19.1. The van der Waals surface area contributed by atoms with Gasteiger partial charge in [-0.2, -0.15) is 0 Å². The monoisotopic (exact) mass is 339 g/mol. The minimum atomic E-state index is -3.34. The van der Waals surface area contributed by atoms with Crippen molar-refractivity contribution in [2.24, 2.45) is 0 Å². The molecular formula is C16H25N3O3S. The number of carbonyl (C=O) groups is 1. The van der Waals surface area contributed by atoms with Crippen LogP contribution in [0.3, 0.4) is 0 Å². The molecule has 1 N–H and O–H groups in total. The summed E-state index contributed by atoms with van der Waals surface area (Å²) in [6, 6.07) is 10.5. The van der Waals surface area contributed by atoms with Crippen LogP contribution in [-0.2, 0) is 21.4 Å². The van der Waals surface area contributed by atoms with E-state index in [0.29, 0.717) is 19.1 Å². The number of amides is 1. The Balaban J connectivity index is 1.88. The van der Waals surface area contributed by atoms with Crippen LogP contribution in [0.2, 0.25) is 0 Å². The van der Waals surface area contributed by atoms with Crippen molar-refractivity contribution in [1.82, 2.24) is 14.5 Å². The van der Waals surface area contributed by atoms with Gasteiger partial charge in [-0.25, -0.2) is 13.1 Å². The minimum Gasteiger partial charge on any atom is -0.340 e. The minimum absolute atomic E-state index is 0.159. The molecule has 0 saturated carbocycles. The predicted molar refractivity (Wildman–Crippen MR) is 90.4 cm³/mol. The molecule has 6 nitrogen and oxygen atoms in total. The Kier molecular flexibility index (Phi) is 6.15. The third-order valence-corrected chi connectivity index (χ3v) is 4.80. The first kappa shape index (κ1) is 17.9. The number of likely N-dealkylation sites (tertiary alicyclic amines) is 1. The summed E-state index contributed by atoms with van der Waals surface area (Å²) in [7, 11) is -1.27. The molecule has 1 aliphatic heterocycles. The van der Waals surface area contributed by atoms with Crippen molar-refractivity contribution in [3.63, 3.8) is 0 Å². The van der Waals surface area contributed by atoms with E-state index < -0.39 is 10.0 Å². The highest BCUT2D eigenvalue weighted by Gasteiger charge is 2.26. The number of piperidine rings is 1. The summed E-state index contributed by atoms with van der Waals surface area (Å²) in [5.41, 5.74) is 1.25. The maximum atomic E-state index is 12.2. The number of benzene rings is 1. The number of carbonyl (C=O) groups excluding carboxylic acids is 1. The molecule has 1 heterocycles. The number of nitrogens with zero attached hydrogens (tertiary/aromatic N) is 2. The fourth-order valence-electron chi connectivity index (χ4n) is 2.85. The van der Waals surface area contributed by atoms with Crippen LogP contribution in [-0.4, -0.2) is 63.1 Å². The van der Waals surface area contributed by atoms with Gasteiger partial charge in [0.15, 0.2) is 0 Å². The quantitative estimate of drug-likeness (QED) is 0.827. The molecule has 0 spiro atoms. The lowest BCUT2D eigenvalue weighted by Crippen LogP contribution is -2.50. The van der Waals surface area contributed by atoms with Gasteiger partial charge in [0, 0.05) is 25.7 Å². The number of hydrogen-bond donors (Lipinski definition) is 1. The molecule has 1 atom stereocenters. The number of sulfonamides is 1. The van der Waals surface area contributed by atoms with Crippen LogP contribution in [0.25, 0.3) is 0 Å². The average Bonchev–Trinajstić information content (AvgIpc) is 2.53. The van der Waals surface area contributed by atoms with Crippen LogP contribution in [0.4, 0.5) is 0 Å². The molecule has 0 unspecified atom stereocenters. The standard InChI is InChI=1S/C16H25N3O3S/c1-18(12-14-7-4-3-5-8-14)15-9-6-10-19(13-15)16(20)11-17-23(2,21)22/h3-5,7-8,15,17H,6,9-13H2,1-2H3/t15-/m0/s1. The van der Waals surface area contributed by atoms with E-state index >= 15 is 0 Å². The molecule has 0 radical (unpaired) electrons. The predicted octanol–water partition coefficient (Wildman–Crippen LogP) is 0.659. The Labute approximate surface area is 138 Å². The Morgan fingerprint density at radius 2 is 2.04 bits per heavy atom. The summed E-state index contributed by atoms with van der Waals surface area (Å²) in [6.07, 6.45) is 3.05. The van der Waals surface area contributed by atoms with Crippen molar-refractivity contribution < 1.29 is 13.2 Å². The lowest BCUT2D eigenvalue weighted by molar-refractivity contribution is -0.132. The molecule has 2 rings (SSSR count). The molecule has 1 saturated heterocycles. The zero-order valence-corrected chi connectivity index (χ0v) is 14.6. The molecule has 128 valence electrons. The first-order valence-electron chi connectivity index (χ1n) is 7.82. The molecule has 23 heavy (non-hydrogen) atoms. The van der Waals surface area contributed by atoms with Gasteiger partial charge < -0.3 is 4.90 Å². The van der Waals surface area contributed by atoms with Gasteiger partial charge in [-0.15, -0.1) is 0 Å². The van der Waals surface area contributed by atoms with Gasteiger partial charge in [0.05, 0.1) is 12.8 Å². The fourth-order valence-corrected chi connectivity index (χ4v) is 3.23. The van der Waals surface area contributed by atoms with Gasteiger partial charge in [0.25, 0.3) is 0 Å². The maximum Gasteiger partial charge on any atom is 0.237 e. The summed E-state index contributed by atoms with van der Waals surface area (Å²) in [5, 5.41) is 0. The zero-order chi connectivity index (χ0) is 16.9. The van der Waals surface area contributed by atoms with Crippen molar-refractivity contribution in [2.75, 3.05) is 32.9 Å². The summed E-state index contributed by atoms with van der Waals surface area (Å²) in [5.74, 6) is -0.159. The number of likely N-dealkylation sites (N-methyl/N-ethyl adjacent to an activating group) is 1. The van der Waals surface area contributed by atoms with E-state index in [4.69, 9.17) is 0 Å². The second-order valence-electron chi connectivity index (χ2n) is 6.13. The first-order chi connectivity index (χ1) is 10.8. The van der Waals surface area contributed by atoms with Crippen LogP contribution < -0.4 is 4.72 Å². The lowest BCUT2D eigenvalue weighted by Gasteiger charge is -2.37. The van der Waals surface area contributed by atoms with Crippen molar-refractivity contribution in [3.8, 4) is 0 Å². The Hall–Kier alpha value is -1.44. The van der Waals surface area contributed by atoms with E-state index in [1.807, 2.05) is 18.2 Å². The highest BCUT2D eigenvalue weighted by atomic mass is 32.2. The molecule has 1 fully saturated rings. The molecule has 0 aromatic heterocycles. The van der Waals surface area contributed by atoms with Crippen LogP contribution in [0.1, 0.15) is 18.4 Å². The third-order valence-electron chi connectivity index (χ3n) is 4.13. The van der Waals surface area contributed by atoms with Gasteiger partial charge in [0.2, 0.25) is 15.9 Å². The molecule has 1 amide bonds. The Morgan fingerprint density at radius 3 is 2.70 bits per heavy atom. The molecule has 1 aromatic rings. The van der Waals surface area contributed by atoms with E-state index in [0.717, 1.165) is 25.6 Å². The maximum absolute atomic E-state index is 12.2. The topological polar surface area (TPSA) is 69.7 Å². The first-order valence-corrected chi connectivity index (χ1v) is 9.71. The number of nitrogens with one attached hydrogen (secondary N) is 1. The molecule has 1 aromatic carbocycles. The smallest absolute Gasteiger partial charge is 0.237 e. The summed E-state index contributed by atoms with van der Waals surface area (Å²) < 4.78 is 24.5. The number of hydrogen-bond acceptors (Lipinski definition) is 4. The highest BCUT2D eigenvalue weighted by molar-refractivity contribution is 7.88. The van der Waals surface area contributed by atoms with Gasteiger partial charge in [-0.3, -0.25) is 9.69 Å². The largest absolute Gasteiger partial charge is 0.340 e. The van der Waals surface area contributed by atoms with E-state index in [2.05, 4.69) is 28.8 Å². The molecule has 0 bridgehead atoms. The van der Waals surface area contributed by atoms with Crippen LogP contribution in [0.15, 0.2) is 30.3 Å². The SMILES string of the molecule is CN(Cc1ccccc1)[C@H]1CCCN(C(=O)CNS(C)(=O)=O)C1. The molecular weight excluding hydrogens is 314 g/mol. The molecule has 0 aliphatic carbocycles. The van der Waals surface area contributed by atoms with Crippen molar-refractivity contribution in [1.29, 1.82) is 0 Å². The fraction of sp³-hybridized carbons (Fsp3) is 0.562. The summed E-state index contributed by atoms with van der Waals surface area (Å²) in [4.78, 5) is 16.2. The lowest BCUT2D eigenvalue weighted by atomic mass is 10.0. The van der Waals surface area contributed by atoms with Gasteiger partial charge in [-0.1, -0.05) is 30.3 Å². The molecule has 7 heteroatoms. The van der Waals surface area contributed by atoms with Crippen molar-refractivity contribution in [2.45, 2.75) is 25.4 Å². The van der Waals surface area contributed by atoms with E-state index in [1.54, 1.807) is 4.90 Å². The van der Waals surface area contributed by atoms with E-state index in [9.17, 15) is 13.2 Å². The van der Waals surface area contributed by atoms with Gasteiger partial charge in [-0.05, 0) is 25.5 Å². The van der Waals surface area contributed by atoms with E-state index in [-0.39, 0.29) is 12.5 Å². The van der Waals surface area contributed by atoms with Gasteiger partial charge >= 0.3 is 0 Å². The third kappa shape index (κ3) is 5.93. The number of rotatable bonds is 6. The zero-order valence-electron chi connectivity index (χ0n) is 13.7. The van der Waals surface area contributed by atoms with Crippen molar-refractivity contribution >= 4 is 15.9 Å². The average molecular weight is 339 g/mol. The van der Waals surface area contributed by atoms with Gasteiger partial charge in [0.1, 0.15) is 0 Å². The van der Waals surface area contributed by atoms with Crippen LogP contribution >= 0.6 is 0 Å². The second-order valence-corrected chi connectivity index (χ2v) is 7.96. The Bertz CT molecular complexity index is 619. The Morgan fingerprint density at radius 1 is 1.35 bits per heavy atom. The highest BCUT2D eigenvalue weighted by Crippen LogP contribution is 2.17.